The summed E-state index contributed by atoms with van der Waals surface area (Å²) in [6.45, 7) is 2.33. The number of rotatable bonds is 2. The summed E-state index contributed by atoms with van der Waals surface area (Å²) in [5.74, 6) is -2.10. The number of epoxide rings is 1. The van der Waals surface area contributed by atoms with Gasteiger partial charge in [0, 0.05) is 11.3 Å². The van der Waals surface area contributed by atoms with Crippen LogP contribution in [0, 0.1) is 16.7 Å². The van der Waals surface area contributed by atoms with E-state index in [1.807, 2.05) is 0 Å². The Morgan fingerprint density at radius 2 is 1.88 bits per heavy atom. The molecule has 0 radical (unpaired) electrons. The minimum Gasteiger partial charge on any atom is -0.748 e. The van der Waals surface area contributed by atoms with Gasteiger partial charge >= 0.3 is 29.6 Å². The van der Waals surface area contributed by atoms with Gasteiger partial charge in [-0.15, -0.1) is 0 Å². The Kier molecular flexibility index (Phi) is 4.82. The Labute approximate surface area is 173 Å². The summed E-state index contributed by atoms with van der Waals surface area (Å²) in [4.78, 5) is 12.6. The molecular formula is C15H21NaO9S. The second kappa shape index (κ2) is 5.94. The van der Waals surface area contributed by atoms with Gasteiger partial charge in [0.25, 0.3) is 0 Å². The number of ketones is 1. The van der Waals surface area contributed by atoms with Crippen LogP contribution in [0.15, 0.2) is 0 Å². The fraction of sp³-hybridized carbons (Fsp3) is 0.933. The van der Waals surface area contributed by atoms with Crippen molar-refractivity contribution in [1.82, 2.24) is 0 Å². The normalized spacial score (nSPS) is 55.4. The fourth-order valence-corrected chi connectivity index (χ4v) is 7.01. The van der Waals surface area contributed by atoms with E-state index in [0.29, 0.717) is 0 Å². The van der Waals surface area contributed by atoms with Gasteiger partial charge in [0.05, 0.1) is 36.1 Å². The first-order valence-electron chi connectivity index (χ1n) is 8.23. The minimum absolute atomic E-state index is 0. The van der Waals surface area contributed by atoms with Gasteiger partial charge in [0.2, 0.25) is 0 Å². The maximum atomic E-state index is 12.6. The zero-order valence-corrected chi connectivity index (χ0v) is 17.6. The number of carbonyl (C=O) groups is 1. The van der Waals surface area contributed by atoms with Crippen LogP contribution >= 0.6 is 0 Å². The zero-order chi connectivity index (χ0) is 18.6. The van der Waals surface area contributed by atoms with Crippen LogP contribution in [0.25, 0.3) is 0 Å². The van der Waals surface area contributed by atoms with Crippen molar-refractivity contribution in [1.29, 1.82) is 0 Å². The van der Waals surface area contributed by atoms with Crippen LogP contribution in [0.3, 0.4) is 0 Å². The van der Waals surface area contributed by atoms with E-state index in [4.69, 9.17) is 9.47 Å². The summed E-state index contributed by atoms with van der Waals surface area (Å²) in [6.07, 6.45) is -4.98. The van der Waals surface area contributed by atoms with E-state index < -0.39 is 74.5 Å². The molecule has 11 heteroatoms. The van der Waals surface area contributed by atoms with Crippen molar-refractivity contribution in [2.75, 3.05) is 13.2 Å². The van der Waals surface area contributed by atoms with Crippen molar-refractivity contribution in [3.63, 3.8) is 0 Å². The molecule has 4 aliphatic rings. The average Bonchev–Trinajstić information content (AvgIpc) is 3.27. The van der Waals surface area contributed by atoms with Crippen LogP contribution in [0.2, 0.25) is 0 Å². The number of fused-ring (bicyclic) bond motifs is 2. The van der Waals surface area contributed by atoms with E-state index in [2.05, 4.69) is 0 Å². The molecule has 2 saturated heterocycles. The largest absolute Gasteiger partial charge is 1.00 e. The van der Waals surface area contributed by atoms with Crippen LogP contribution in [0.1, 0.15) is 20.3 Å². The van der Waals surface area contributed by atoms with Crippen LogP contribution in [-0.4, -0.2) is 82.6 Å². The van der Waals surface area contributed by atoms with Gasteiger partial charge in [-0.1, -0.05) is 13.8 Å². The smallest absolute Gasteiger partial charge is 0.748 e. The van der Waals surface area contributed by atoms with Crippen LogP contribution in [0.4, 0.5) is 0 Å². The van der Waals surface area contributed by atoms with Gasteiger partial charge in [-0.2, -0.15) is 0 Å². The first-order valence-corrected chi connectivity index (χ1v) is 9.70. The Balaban J connectivity index is 0.00000196. The van der Waals surface area contributed by atoms with E-state index in [1.165, 1.54) is 6.92 Å². The molecular weight excluding hydrogens is 379 g/mol. The quantitative estimate of drug-likeness (QED) is 0.234. The Morgan fingerprint density at radius 1 is 1.31 bits per heavy atom. The van der Waals surface area contributed by atoms with Crippen molar-refractivity contribution in [2.24, 2.45) is 16.7 Å². The van der Waals surface area contributed by atoms with E-state index in [1.54, 1.807) is 6.92 Å². The number of hydrogen-bond donors (Lipinski definition) is 3. The fourth-order valence-electron chi connectivity index (χ4n) is 5.77. The third-order valence-electron chi connectivity index (χ3n) is 7.24. The van der Waals surface area contributed by atoms with Gasteiger partial charge in [-0.3, -0.25) is 4.79 Å². The molecule has 2 saturated carbocycles. The minimum atomic E-state index is -4.97. The number of carbonyl (C=O) groups excluding carboxylic acids is 1. The number of aliphatic hydroxyl groups excluding tert-OH is 3. The number of Topliss-reactive ketones (excluding diaryl/α,β-unsaturated/α-hetero) is 1. The maximum Gasteiger partial charge on any atom is 1.00 e. The van der Waals surface area contributed by atoms with Gasteiger partial charge < -0.3 is 29.3 Å². The summed E-state index contributed by atoms with van der Waals surface area (Å²) in [6, 6.07) is 0. The number of aliphatic hydroxyl groups is 3. The monoisotopic (exact) mass is 400 g/mol. The third-order valence-corrected chi connectivity index (χ3v) is 8.56. The van der Waals surface area contributed by atoms with E-state index in [9.17, 15) is 33.1 Å². The van der Waals surface area contributed by atoms with E-state index in [-0.39, 0.29) is 42.6 Å². The summed E-state index contributed by atoms with van der Waals surface area (Å²) >= 11 is 0. The molecule has 142 valence electrons. The van der Waals surface area contributed by atoms with Gasteiger partial charge in [-0.25, -0.2) is 8.42 Å². The van der Waals surface area contributed by atoms with Crippen molar-refractivity contribution in [3.8, 4) is 0 Å². The second-order valence-electron chi connectivity index (χ2n) is 8.01. The Morgan fingerprint density at radius 3 is 2.35 bits per heavy atom. The van der Waals surface area contributed by atoms with Gasteiger partial charge in [0.15, 0.2) is 5.78 Å². The van der Waals surface area contributed by atoms with Crippen molar-refractivity contribution in [2.45, 2.75) is 55.5 Å². The third kappa shape index (κ3) is 2.11. The molecule has 3 N–H and O–H groups in total. The first kappa shape index (κ1) is 21.1. The van der Waals surface area contributed by atoms with Crippen LogP contribution in [-0.2, 0) is 24.4 Å². The SMILES string of the molecule is C[C@H]1C(=O)[C@@H](O)[C@@]2(CO)[C@H](O[C@@H]3[C@H](O)C[C@@]2(C)[C@]32CO2)[C@H]1S(=O)(=O)[O-].[Na+]. The van der Waals surface area contributed by atoms with Gasteiger partial charge in [-0.05, 0) is 6.42 Å². The van der Waals surface area contributed by atoms with Crippen molar-refractivity contribution < 1.29 is 72.1 Å². The molecule has 0 unspecified atom stereocenters. The summed E-state index contributed by atoms with van der Waals surface area (Å²) in [5, 5.41) is 29.7. The summed E-state index contributed by atoms with van der Waals surface area (Å²) < 4.78 is 47.1. The average molecular weight is 400 g/mol. The molecule has 9 atom stereocenters. The predicted octanol–water partition coefficient (Wildman–Crippen LogP) is -5.23. The topological polar surface area (TPSA) is 157 Å². The molecule has 0 aromatic carbocycles. The molecule has 0 aromatic heterocycles. The van der Waals surface area contributed by atoms with Crippen LogP contribution < -0.4 is 29.6 Å². The summed E-state index contributed by atoms with van der Waals surface area (Å²) in [5.41, 5.74) is -3.88. The number of ether oxygens (including phenoxy) is 2. The molecule has 0 amide bonds. The van der Waals surface area contributed by atoms with E-state index >= 15 is 0 Å². The maximum absolute atomic E-state index is 12.6. The standard InChI is InChI=1S/C15H22O9S.Na/c1-6-8(18)10(19)14(4-16)12(9(6)25(20,21)22)24-11-7(17)3-13(14,2)15(11)5-23-15;/h6-7,9-12,16-17,19H,3-5H2,1-2H3,(H,20,21,22);/q;+1/p-1/t6-,7+,9-,10+,11+,12+,13+,14-,15-;/m0./s1. The van der Waals surface area contributed by atoms with Crippen LogP contribution in [0.5, 0.6) is 0 Å². The Bertz CT molecular complexity index is 737. The summed E-state index contributed by atoms with van der Waals surface area (Å²) in [7, 11) is -4.97. The molecule has 1 spiro atoms. The molecule has 4 rings (SSSR count). The van der Waals surface area contributed by atoms with E-state index in [0.717, 1.165) is 0 Å². The molecule has 9 nitrogen and oxygen atoms in total. The molecule has 4 fully saturated rings. The molecule has 2 aliphatic carbocycles. The predicted molar refractivity (Wildman–Crippen MR) is 79.3 cm³/mol. The first-order chi connectivity index (χ1) is 11.5. The molecule has 0 aromatic rings. The second-order valence-corrected chi connectivity index (χ2v) is 9.54. The Hall–Kier alpha value is 0.380. The zero-order valence-electron chi connectivity index (χ0n) is 14.8. The molecule has 2 aliphatic heterocycles. The molecule has 2 bridgehead atoms. The number of hydrogen-bond acceptors (Lipinski definition) is 9. The van der Waals surface area contributed by atoms with Crippen molar-refractivity contribution >= 4 is 15.9 Å². The van der Waals surface area contributed by atoms with Crippen molar-refractivity contribution in [3.05, 3.63) is 0 Å². The molecule has 2 heterocycles. The molecule has 26 heavy (non-hydrogen) atoms. The van der Waals surface area contributed by atoms with Gasteiger partial charge in [0.1, 0.15) is 27.9 Å².